The normalized spacial score (nSPS) is 13.2. The maximum atomic E-state index is 4.63. The lowest BCUT2D eigenvalue weighted by atomic mass is 9.92. The molecule has 4 nitrogen and oxygen atoms in total. The zero-order valence-electron chi connectivity index (χ0n) is 21.9. The first-order valence-corrected chi connectivity index (χ1v) is 13.7. The number of para-hydroxylation sites is 4. The molecule has 0 amide bonds. The van der Waals surface area contributed by atoms with Crippen LogP contribution in [0.4, 0.5) is 34.1 Å². The van der Waals surface area contributed by atoms with E-state index < -0.39 is 0 Å². The molecule has 0 spiro atoms. The molecule has 4 heterocycles. The summed E-state index contributed by atoms with van der Waals surface area (Å²) in [7, 11) is 0. The molecule has 0 atom stereocenters. The van der Waals surface area contributed by atoms with E-state index in [0.29, 0.717) is 0 Å². The van der Waals surface area contributed by atoms with Gasteiger partial charge in [-0.3, -0.25) is 9.97 Å². The third kappa shape index (κ3) is 3.53. The molecular weight excluding hydrogens is 488 g/mol. The maximum Gasteiger partial charge on any atom is 0.0572 e. The van der Waals surface area contributed by atoms with Gasteiger partial charge in [-0.15, -0.1) is 0 Å². The molecule has 0 unspecified atom stereocenters. The van der Waals surface area contributed by atoms with Gasteiger partial charge in [-0.05, 0) is 58.7 Å². The van der Waals surface area contributed by atoms with E-state index in [1.54, 1.807) is 0 Å². The summed E-state index contributed by atoms with van der Waals surface area (Å²) in [5.74, 6) is 0. The Morgan fingerprint density at radius 1 is 0.375 bits per heavy atom. The van der Waals surface area contributed by atoms with E-state index >= 15 is 0 Å². The lowest BCUT2D eigenvalue weighted by Crippen LogP contribution is -2.20. The van der Waals surface area contributed by atoms with Crippen LogP contribution in [0.2, 0.25) is 0 Å². The van der Waals surface area contributed by atoms with Crippen molar-refractivity contribution in [3.05, 3.63) is 156 Å². The highest BCUT2D eigenvalue weighted by atomic mass is 15.2. The first kappa shape index (κ1) is 22.7. The standard InChI is InChI=1S/C36H26N4/c1-5-13-31-25(9-1)21-26-10-2-6-14-32(26)39(31)35-17-19-37-23-29(35)30-24-38-20-18-36(30)40-33-15-7-3-11-27(33)22-28-12-4-8-16-34(28)40/h1-20,23-24H,21-22H2. The van der Waals surface area contributed by atoms with Gasteiger partial charge in [0.15, 0.2) is 0 Å². The summed E-state index contributed by atoms with van der Waals surface area (Å²) < 4.78 is 0. The lowest BCUT2D eigenvalue weighted by Gasteiger charge is -2.36. The number of fused-ring (bicyclic) bond motifs is 4. The van der Waals surface area contributed by atoms with Crippen molar-refractivity contribution in [3.8, 4) is 11.1 Å². The Hall–Kier alpha value is -5.22. The van der Waals surface area contributed by atoms with Crippen LogP contribution >= 0.6 is 0 Å². The van der Waals surface area contributed by atoms with Crippen molar-refractivity contribution >= 4 is 34.1 Å². The average Bonchev–Trinajstić information content (AvgIpc) is 3.02. The van der Waals surface area contributed by atoms with E-state index in [1.807, 2.05) is 24.8 Å². The van der Waals surface area contributed by atoms with Gasteiger partial charge in [-0.25, -0.2) is 0 Å². The number of benzene rings is 4. The van der Waals surface area contributed by atoms with Gasteiger partial charge >= 0.3 is 0 Å². The predicted octanol–water partition coefficient (Wildman–Crippen LogP) is 8.89. The molecule has 4 aromatic carbocycles. The highest BCUT2D eigenvalue weighted by Crippen LogP contribution is 2.50. The molecule has 0 N–H and O–H groups in total. The highest BCUT2D eigenvalue weighted by molar-refractivity contribution is 5.97. The topological polar surface area (TPSA) is 32.3 Å². The van der Waals surface area contributed by atoms with E-state index in [0.717, 1.165) is 35.3 Å². The van der Waals surface area contributed by atoms with Crippen molar-refractivity contribution in [3.63, 3.8) is 0 Å². The van der Waals surface area contributed by atoms with Gasteiger partial charge in [0, 0.05) is 71.5 Å². The van der Waals surface area contributed by atoms with Gasteiger partial charge in [-0.2, -0.15) is 0 Å². The number of anilines is 6. The number of rotatable bonds is 3. The van der Waals surface area contributed by atoms with Gasteiger partial charge in [0.2, 0.25) is 0 Å². The summed E-state index contributed by atoms with van der Waals surface area (Å²) >= 11 is 0. The van der Waals surface area contributed by atoms with E-state index in [1.165, 1.54) is 45.0 Å². The van der Waals surface area contributed by atoms with Crippen LogP contribution in [0.25, 0.3) is 11.1 Å². The van der Waals surface area contributed by atoms with Crippen molar-refractivity contribution in [2.45, 2.75) is 12.8 Å². The van der Waals surface area contributed by atoms with Crippen molar-refractivity contribution in [2.75, 3.05) is 9.80 Å². The number of hydrogen-bond acceptors (Lipinski definition) is 4. The minimum atomic E-state index is 0.919. The summed E-state index contributed by atoms with van der Waals surface area (Å²) in [6.45, 7) is 0. The quantitative estimate of drug-likeness (QED) is 0.236. The molecule has 4 heteroatoms. The van der Waals surface area contributed by atoms with Gasteiger partial charge < -0.3 is 9.80 Å². The second kappa shape index (κ2) is 9.21. The van der Waals surface area contributed by atoms with E-state index in [9.17, 15) is 0 Å². The molecule has 2 aliphatic heterocycles. The lowest BCUT2D eigenvalue weighted by molar-refractivity contribution is 1.08. The predicted molar refractivity (Wildman–Crippen MR) is 162 cm³/mol. The zero-order chi connectivity index (χ0) is 26.5. The average molecular weight is 515 g/mol. The molecule has 2 aromatic heterocycles. The summed E-state index contributed by atoms with van der Waals surface area (Å²) in [5.41, 5.74) is 14.3. The van der Waals surface area contributed by atoms with Crippen LogP contribution in [0, 0.1) is 0 Å². The highest BCUT2D eigenvalue weighted by Gasteiger charge is 2.29. The Morgan fingerprint density at radius 2 is 0.700 bits per heavy atom. The number of nitrogens with zero attached hydrogens (tertiary/aromatic N) is 4. The fraction of sp³-hybridized carbons (Fsp3) is 0.0556. The Morgan fingerprint density at radius 3 is 1.05 bits per heavy atom. The number of hydrogen-bond donors (Lipinski definition) is 0. The zero-order valence-corrected chi connectivity index (χ0v) is 21.9. The van der Waals surface area contributed by atoms with Gasteiger partial charge in [0.1, 0.15) is 0 Å². The summed E-state index contributed by atoms with van der Waals surface area (Å²) in [5, 5.41) is 0. The van der Waals surface area contributed by atoms with Crippen LogP contribution in [0.15, 0.2) is 134 Å². The Bertz CT molecular complexity index is 1660. The molecule has 2 aliphatic rings. The molecule has 0 aliphatic carbocycles. The monoisotopic (exact) mass is 514 g/mol. The summed E-state index contributed by atoms with van der Waals surface area (Å²) in [4.78, 5) is 14.0. The van der Waals surface area contributed by atoms with Crippen molar-refractivity contribution in [1.82, 2.24) is 9.97 Å². The smallest absolute Gasteiger partial charge is 0.0572 e. The van der Waals surface area contributed by atoms with Gasteiger partial charge in [0.25, 0.3) is 0 Å². The summed E-state index contributed by atoms with van der Waals surface area (Å²) in [6, 6.07) is 39.1. The minimum Gasteiger partial charge on any atom is -0.309 e. The third-order valence-corrected chi connectivity index (χ3v) is 8.06. The molecular formula is C36H26N4. The first-order chi connectivity index (χ1) is 19.9. The molecule has 0 fully saturated rings. The Balaban J connectivity index is 1.37. The molecule has 8 rings (SSSR count). The maximum absolute atomic E-state index is 4.63. The summed E-state index contributed by atoms with van der Waals surface area (Å²) in [6.07, 6.45) is 9.58. The van der Waals surface area contributed by atoms with Crippen LogP contribution in [-0.4, -0.2) is 9.97 Å². The van der Waals surface area contributed by atoms with E-state index in [2.05, 4.69) is 129 Å². The van der Waals surface area contributed by atoms with Crippen molar-refractivity contribution in [2.24, 2.45) is 0 Å². The molecule has 6 aromatic rings. The van der Waals surface area contributed by atoms with Crippen LogP contribution in [-0.2, 0) is 12.8 Å². The minimum absolute atomic E-state index is 0.919. The van der Waals surface area contributed by atoms with E-state index in [4.69, 9.17) is 0 Å². The Kier molecular flexibility index (Phi) is 5.23. The second-order valence-corrected chi connectivity index (χ2v) is 10.3. The van der Waals surface area contributed by atoms with Crippen LogP contribution in [0.3, 0.4) is 0 Å². The molecule has 40 heavy (non-hydrogen) atoms. The van der Waals surface area contributed by atoms with Crippen molar-refractivity contribution in [1.29, 1.82) is 0 Å². The SMILES string of the molecule is c1ccc2c(c1)Cc1ccccc1N2c1ccncc1-c1cnccc1N1c2ccccc2Cc2ccccc21. The number of aromatic nitrogens is 2. The molecule has 0 saturated carbocycles. The molecule has 0 radical (unpaired) electrons. The van der Waals surface area contributed by atoms with Crippen LogP contribution in [0.1, 0.15) is 22.3 Å². The third-order valence-electron chi connectivity index (χ3n) is 8.06. The van der Waals surface area contributed by atoms with Crippen molar-refractivity contribution < 1.29 is 0 Å². The van der Waals surface area contributed by atoms with Gasteiger partial charge in [-0.1, -0.05) is 72.8 Å². The number of pyridine rings is 2. The first-order valence-electron chi connectivity index (χ1n) is 13.7. The fourth-order valence-corrected chi connectivity index (χ4v) is 6.28. The second-order valence-electron chi connectivity index (χ2n) is 10.3. The molecule has 0 bridgehead atoms. The van der Waals surface area contributed by atoms with Gasteiger partial charge in [0.05, 0.1) is 11.4 Å². The molecule has 0 saturated heterocycles. The van der Waals surface area contributed by atoms with E-state index in [-0.39, 0.29) is 0 Å². The fourth-order valence-electron chi connectivity index (χ4n) is 6.28. The van der Waals surface area contributed by atoms with Crippen LogP contribution < -0.4 is 9.80 Å². The van der Waals surface area contributed by atoms with Crippen LogP contribution in [0.5, 0.6) is 0 Å². The molecule has 190 valence electrons. The Labute approximate surface area is 233 Å². The largest absolute Gasteiger partial charge is 0.309 e.